The van der Waals surface area contributed by atoms with Crippen molar-refractivity contribution in [1.82, 2.24) is 10.3 Å². The number of hydrogen-bond donors (Lipinski definition) is 1. The topological polar surface area (TPSA) is 51.2 Å². The van der Waals surface area contributed by atoms with E-state index >= 15 is 0 Å². The van der Waals surface area contributed by atoms with Crippen molar-refractivity contribution in [3.63, 3.8) is 0 Å². The molecule has 0 spiro atoms. The standard InChI is InChI=1S/C18H16N2O2S/c1-13-2-6-15(7-3-13)17(21)20-12-14-4-8-16(9-5-14)22-18-19-10-11-23-18/h2-11H,12H2,1H3,(H,20,21). The Bertz CT molecular complexity index is 766. The summed E-state index contributed by atoms with van der Waals surface area (Å²) in [6.45, 7) is 2.47. The van der Waals surface area contributed by atoms with Gasteiger partial charge in [-0.2, -0.15) is 0 Å². The number of aromatic nitrogens is 1. The highest BCUT2D eigenvalue weighted by Crippen LogP contribution is 2.23. The number of thiazole rings is 1. The van der Waals surface area contributed by atoms with Gasteiger partial charge in [0.25, 0.3) is 11.1 Å². The Morgan fingerprint density at radius 3 is 2.52 bits per heavy atom. The molecule has 1 amide bonds. The van der Waals surface area contributed by atoms with E-state index in [9.17, 15) is 4.79 Å². The minimum absolute atomic E-state index is 0.0758. The van der Waals surface area contributed by atoms with Crippen molar-refractivity contribution in [2.24, 2.45) is 0 Å². The van der Waals surface area contributed by atoms with Gasteiger partial charge in [-0.05, 0) is 36.8 Å². The maximum absolute atomic E-state index is 12.1. The van der Waals surface area contributed by atoms with Gasteiger partial charge in [0.15, 0.2) is 0 Å². The average Bonchev–Trinajstić information content (AvgIpc) is 3.07. The van der Waals surface area contributed by atoms with E-state index in [4.69, 9.17) is 4.74 Å². The number of amides is 1. The van der Waals surface area contributed by atoms with E-state index < -0.39 is 0 Å². The summed E-state index contributed by atoms with van der Waals surface area (Å²) in [5.41, 5.74) is 2.81. The molecule has 0 aliphatic carbocycles. The lowest BCUT2D eigenvalue weighted by molar-refractivity contribution is 0.0951. The Labute approximate surface area is 138 Å². The first-order valence-electron chi connectivity index (χ1n) is 7.22. The van der Waals surface area contributed by atoms with Gasteiger partial charge in [-0.15, -0.1) is 0 Å². The number of rotatable bonds is 5. The van der Waals surface area contributed by atoms with Gasteiger partial charge in [-0.25, -0.2) is 4.98 Å². The summed E-state index contributed by atoms with van der Waals surface area (Å²) < 4.78 is 5.60. The Kier molecular flexibility index (Phi) is 4.68. The third-order valence-electron chi connectivity index (χ3n) is 3.30. The molecule has 23 heavy (non-hydrogen) atoms. The number of ether oxygens (including phenoxy) is 1. The molecule has 0 unspecified atom stereocenters. The van der Waals surface area contributed by atoms with Crippen LogP contribution in [0, 0.1) is 6.92 Å². The van der Waals surface area contributed by atoms with Crippen LogP contribution in [0.2, 0.25) is 0 Å². The van der Waals surface area contributed by atoms with Crippen molar-refractivity contribution < 1.29 is 9.53 Å². The third-order valence-corrected chi connectivity index (χ3v) is 3.95. The molecule has 1 N–H and O–H groups in total. The number of benzene rings is 2. The predicted octanol–water partition coefficient (Wildman–Crippen LogP) is 4.17. The number of carbonyl (C=O) groups is 1. The van der Waals surface area contributed by atoms with Crippen molar-refractivity contribution in [1.29, 1.82) is 0 Å². The van der Waals surface area contributed by atoms with Crippen molar-refractivity contribution >= 4 is 17.2 Å². The molecule has 3 aromatic rings. The van der Waals surface area contributed by atoms with Gasteiger partial charge in [0.05, 0.1) is 0 Å². The van der Waals surface area contributed by atoms with Gasteiger partial charge >= 0.3 is 0 Å². The van der Waals surface area contributed by atoms with E-state index in [1.165, 1.54) is 11.3 Å². The van der Waals surface area contributed by atoms with Crippen LogP contribution in [0.15, 0.2) is 60.1 Å². The van der Waals surface area contributed by atoms with E-state index in [0.717, 1.165) is 16.9 Å². The monoisotopic (exact) mass is 324 g/mol. The summed E-state index contributed by atoms with van der Waals surface area (Å²) in [6.07, 6.45) is 1.70. The number of carbonyl (C=O) groups excluding carboxylic acids is 1. The fourth-order valence-electron chi connectivity index (χ4n) is 2.03. The number of aryl methyl sites for hydroxylation is 1. The summed E-state index contributed by atoms with van der Waals surface area (Å²) in [5.74, 6) is 0.654. The van der Waals surface area contributed by atoms with Crippen molar-refractivity contribution in [3.8, 4) is 10.9 Å². The zero-order valence-corrected chi connectivity index (χ0v) is 13.5. The molecule has 5 heteroatoms. The van der Waals surface area contributed by atoms with Crippen molar-refractivity contribution in [2.45, 2.75) is 13.5 Å². The normalized spacial score (nSPS) is 10.3. The van der Waals surface area contributed by atoms with E-state index in [0.29, 0.717) is 17.3 Å². The molecule has 1 aromatic heterocycles. The fourth-order valence-corrected chi connectivity index (χ4v) is 2.53. The molecule has 0 radical (unpaired) electrons. The van der Waals surface area contributed by atoms with Crippen molar-refractivity contribution in [2.75, 3.05) is 0 Å². The van der Waals surface area contributed by atoms with Gasteiger partial charge in [0.2, 0.25) is 0 Å². The van der Waals surface area contributed by atoms with Gasteiger partial charge in [-0.1, -0.05) is 41.2 Å². The molecule has 4 nitrogen and oxygen atoms in total. The molecule has 0 atom stereocenters. The van der Waals surface area contributed by atoms with E-state index in [-0.39, 0.29) is 5.91 Å². The minimum atomic E-state index is -0.0758. The molecule has 0 aliphatic rings. The summed E-state index contributed by atoms with van der Waals surface area (Å²) in [6, 6.07) is 15.1. The van der Waals surface area contributed by atoms with Crippen molar-refractivity contribution in [3.05, 3.63) is 76.8 Å². The second-order valence-corrected chi connectivity index (χ2v) is 5.95. The van der Waals surface area contributed by atoms with Crippen LogP contribution in [-0.4, -0.2) is 10.9 Å². The Hall–Kier alpha value is -2.66. The highest BCUT2D eigenvalue weighted by Gasteiger charge is 2.05. The lowest BCUT2D eigenvalue weighted by Gasteiger charge is -2.07. The smallest absolute Gasteiger partial charge is 0.278 e. The molecule has 0 bridgehead atoms. The van der Waals surface area contributed by atoms with E-state index in [2.05, 4.69) is 10.3 Å². The second-order valence-electron chi connectivity index (χ2n) is 5.09. The van der Waals surface area contributed by atoms with Crippen LogP contribution in [0.25, 0.3) is 0 Å². The molecule has 116 valence electrons. The summed E-state index contributed by atoms with van der Waals surface area (Å²) >= 11 is 1.44. The molecule has 3 rings (SSSR count). The Balaban J connectivity index is 1.56. The maximum atomic E-state index is 12.1. The summed E-state index contributed by atoms with van der Waals surface area (Å²) in [4.78, 5) is 16.1. The number of nitrogens with one attached hydrogen (secondary N) is 1. The third kappa shape index (κ3) is 4.17. The lowest BCUT2D eigenvalue weighted by atomic mass is 10.1. The quantitative estimate of drug-likeness (QED) is 0.766. The van der Waals surface area contributed by atoms with Gasteiger partial charge in [-0.3, -0.25) is 4.79 Å². The van der Waals surface area contributed by atoms with Crippen LogP contribution >= 0.6 is 11.3 Å². The highest BCUT2D eigenvalue weighted by molar-refractivity contribution is 7.11. The first-order valence-corrected chi connectivity index (χ1v) is 8.10. The zero-order valence-electron chi connectivity index (χ0n) is 12.7. The second kappa shape index (κ2) is 7.07. The Morgan fingerprint density at radius 2 is 1.87 bits per heavy atom. The number of hydrogen-bond acceptors (Lipinski definition) is 4. The van der Waals surface area contributed by atoms with E-state index in [1.807, 2.05) is 60.8 Å². The fraction of sp³-hybridized carbons (Fsp3) is 0.111. The zero-order chi connectivity index (χ0) is 16.1. The van der Waals surface area contributed by atoms with Crippen LogP contribution < -0.4 is 10.1 Å². The molecule has 1 heterocycles. The molecule has 0 aliphatic heterocycles. The van der Waals surface area contributed by atoms with Crippen LogP contribution in [0.3, 0.4) is 0 Å². The molecule has 0 saturated heterocycles. The first kappa shape index (κ1) is 15.2. The van der Waals surface area contributed by atoms with Gasteiger partial charge in [0, 0.05) is 23.7 Å². The first-order chi connectivity index (χ1) is 11.2. The van der Waals surface area contributed by atoms with Crippen LogP contribution in [0.5, 0.6) is 10.9 Å². The SMILES string of the molecule is Cc1ccc(C(=O)NCc2ccc(Oc3nccs3)cc2)cc1. The molecular weight excluding hydrogens is 308 g/mol. The van der Waals surface area contributed by atoms with E-state index in [1.54, 1.807) is 6.20 Å². The lowest BCUT2D eigenvalue weighted by Crippen LogP contribution is -2.22. The number of nitrogens with zero attached hydrogens (tertiary/aromatic N) is 1. The average molecular weight is 324 g/mol. The summed E-state index contributed by atoms with van der Waals surface area (Å²) in [5, 5.41) is 5.39. The summed E-state index contributed by atoms with van der Waals surface area (Å²) in [7, 11) is 0. The Morgan fingerprint density at radius 1 is 1.13 bits per heavy atom. The molecular formula is C18H16N2O2S. The highest BCUT2D eigenvalue weighted by atomic mass is 32.1. The van der Waals surface area contributed by atoms with Crippen LogP contribution in [0.4, 0.5) is 0 Å². The van der Waals surface area contributed by atoms with Crippen LogP contribution in [0.1, 0.15) is 21.5 Å². The van der Waals surface area contributed by atoms with Gasteiger partial charge < -0.3 is 10.1 Å². The molecule has 0 fully saturated rings. The van der Waals surface area contributed by atoms with Gasteiger partial charge in [0.1, 0.15) is 5.75 Å². The van der Waals surface area contributed by atoms with Crippen LogP contribution in [-0.2, 0) is 6.54 Å². The predicted molar refractivity (Wildman–Crippen MR) is 91.0 cm³/mol. The maximum Gasteiger partial charge on any atom is 0.278 e. The minimum Gasteiger partial charge on any atom is -0.431 e. The molecule has 2 aromatic carbocycles. The largest absolute Gasteiger partial charge is 0.431 e. The molecule has 0 saturated carbocycles.